The normalized spacial score (nSPS) is 20.7. The van der Waals surface area contributed by atoms with Crippen LogP contribution in [0.1, 0.15) is 31.2 Å². The molecule has 1 saturated carbocycles. The van der Waals surface area contributed by atoms with E-state index in [1.165, 1.54) is 0 Å². The summed E-state index contributed by atoms with van der Waals surface area (Å²) in [6, 6.07) is 8.26. The van der Waals surface area contributed by atoms with Crippen molar-refractivity contribution in [3.8, 4) is 5.75 Å². The Bertz CT molecular complexity index is 566. The molecule has 0 bridgehead atoms. The van der Waals surface area contributed by atoms with Crippen LogP contribution in [-0.2, 0) is 16.0 Å². The maximum atomic E-state index is 12.0. The SMILES string of the molecule is COc1ccc(CCC(=O)NCC2CC(=O)N(C3CC3)C2)cc1. The molecule has 1 aromatic rings. The molecule has 0 spiro atoms. The summed E-state index contributed by atoms with van der Waals surface area (Å²) in [6.45, 7) is 1.42. The molecule has 2 amide bonds. The molecule has 1 aliphatic carbocycles. The maximum Gasteiger partial charge on any atom is 0.223 e. The van der Waals surface area contributed by atoms with E-state index in [1.54, 1.807) is 7.11 Å². The van der Waals surface area contributed by atoms with Crippen LogP contribution < -0.4 is 10.1 Å². The standard InChI is InChI=1S/C18H24N2O3/c1-23-16-7-2-13(3-8-16)4-9-17(21)19-11-14-10-18(22)20(12-14)15-5-6-15/h2-3,7-8,14-15H,4-6,9-12H2,1H3,(H,19,21). The number of likely N-dealkylation sites (tertiary alicyclic amines) is 1. The number of rotatable bonds is 7. The highest BCUT2D eigenvalue weighted by molar-refractivity contribution is 5.80. The van der Waals surface area contributed by atoms with E-state index in [1.807, 2.05) is 29.2 Å². The van der Waals surface area contributed by atoms with Crippen molar-refractivity contribution in [3.63, 3.8) is 0 Å². The number of carbonyl (C=O) groups excluding carboxylic acids is 2. The van der Waals surface area contributed by atoms with Crippen molar-refractivity contribution in [2.24, 2.45) is 5.92 Å². The van der Waals surface area contributed by atoms with E-state index in [-0.39, 0.29) is 17.7 Å². The largest absolute Gasteiger partial charge is 0.497 e. The molecule has 5 nitrogen and oxygen atoms in total. The second-order valence-corrected chi connectivity index (χ2v) is 6.50. The Morgan fingerprint density at radius 3 is 2.70 bits per heavy atom. The zero-order valence-corrected chi connectivity index (χ0v) is 13.6. The van der Waals surface area contributed by atoms with E-state index in [2.05, 4.69) is 5.32 Å². The van der Waals surface area contributed by atoms with Crippen LogP contribution in [0.15, 0.2) is 24.3 Å². The molecule has 1 aliphatic heterocycles. The lowest BCUT2D eigenvalue weighted by atomic mass is 10.1. The highest BCUT2D eigenvalue weighted by Crippen LogP contribution is 2.32. The molecular formula is C18H24N2O3. The Balaban J connectivity index is 1.37. The van der Waals surface area contributed by atoms with Crippen LogP contribution in [0.4, 0.5) is 0 Å². The fourth-order valence-corrected chi connectivity index (χ4v) is 3.08. The van der Waals surface area contributed by atoms with Crippen molar-refractivity contribution in [1.82, 2.24) is 10.2 Å². The summed E-state index contributed by atoms with van der Waals surface area (Å²) in [5.41, 5.74) is 1.12. The average Bonchev–Trinajstić information content (AvgIpc) is 3.34. The van der Waals surface area contributed by atoms with Gasteiger partial charge in [-0.25, -0.2) is 0 Å². The molecule has 1 N–H and O–H groups in total. The first-order valence-corrected chi connectivity index (χ1v) is 8.35. The second-order valence-electron chi connectivity index (χ2n) is 6.50. The molecule has 1 atom stereocenters. The summed E-state index contributed by atoms with van der Waals surface area (Å²) in [5.74, 6) is 1.40. The molecule has 124 valence electrons. The lowest BCUT2D eigenvalue weighted by Crippen LogP contribution is -2.32. The third kappa shape index (κ3) is 4.24. The highest BCUT2D eigenvalue weighted by atomic mass is 16.5. The van der Waals surface area contributed by atoms with Gasteiger partial charge in [0.2, 0.25) is 11.8 Å². The van der Waals surface area contributed by atoms with Gasteiger partial charge in [-0.2, -0.15) is 0 Å². The van der Waals surface area contributed by atoms with Gasteiger partial charge in [0.25, 0.3) is 0 Å². The van der Waals surface area contributed by atoms with Crippen molar-refractivity contribution in [2.75, 3.05) is 20.2 Å². The number of carbonyl (C=O) groups is 2. The Hall–Kier alpha value is -2.04. The third-order valence-corrected chi connectivity index (χ3v) is 4.61. The minimum atomic E-state index is 0.0538. The average molecular weight is 316 g/mol. The number of nitrogens with one attached hydrogen (secondary N) is 1. The molecule has 2 fully saturated rings. The van der Waals surface area contributed by atoms with Gasteiger partial charge in [0.15, 0.2) is 0 Å². The molecule has 1 saturated heterocycles. The van der Waals surface area contributed by atoms with Crippen molar-refractivity contribution < 1.29 is 14.3 Å². The van der Waals surface area contributed by atoms with Gasteiger partial charge in [-0.15, -0.1) is 0 Å². The number of nitrogens with zero attached hydrogens (tertiary/aromatic N) is 1. The maximum absolute atomic E-state index is 12.0. The third-order valence-electron chi connectivity index (χ3n) is 4.61. The quantitative estimate of drug-likeness (QED) is 0.834. The van der Waals surface area contributed by atoms with E-state index in [4.69, 9.17) is 4.74 Å². The molecule has 3 rings (SSSR count). The van der Waals surface area contributed by atoms with E-state index in [0.717, 1.165) is 30.7 Å². The first-order chi connectivity index (χ1) is 11.2. The van der Waals surface area contributed by atoms with E-state index < -0.39 is 0 Å². The monoisotopic (exact) mass is 316 g/mol. The van der Waals surface area contributed by atoms with Crippen molar-refractivity contribution >= 4 is 11.8 Å². The van der Waals surface area contributed by atoms with Crippen LogP contribution in [0.25, 0.3) is 0 Å². The summed E-state index contributed by atoms with van der Waals surface area (Å²) >= 11 is 0. The molecule has 0 radical (unpaired) electrons. The summed E-state index contributed by atoms with van der Waals surface area (Å²) < 4.78 is 5.12. The number of amides is 2. The Morgan fingerprint density at radius 2 is 2.04 bits per heavy atom. The smallest absolute Gasteiger partial charge is 0.223 e. The van der Waals surface area contributed by atoms with E-state index in [9.17, 15) is 9.59 Å². The molecule has 1 heterocycles. The van der Waals surface area contributed by atoms with Gasteiger partial charge < -0.3 is 15.0 Å². The molecule has 5 heteroatoms. The predicted molar refractivity (Wildman–Crippen MR) is 87.2 cm³/mol. The van der Waals surface area contributed by atoms with Gasteiger partial charge in [0.1, 0.15) is 5.75 Å². The van der Waals surface area contributed by atoms with Crippen LogP contribution in [0, 0.1) is 5.92 Å². The highest BCUT2D eigenvalue weighted by Gasteiger charge is 2.39. The fraction of sp³-hybridized carbons (Fsp3) is 0.556. The second kappa shape index (κ2) is 7.02. The number of methoxy groups -OCH3 is 1. The van der Waals surface area contributed by atoms with Gasteiger partial charge in [0, 0.05) is 37.9 Å². The van der Waals surface area contributed by atoms with Gasteiger partial charge in [-0.1, -0.05) is 12.1 Å². The summed E-state index contributed by atoms with van der Waals surface area (Å²) in [4.78, 5) is 25.8. The zero-order chi connectivity index (χ0) is 16.2. The van der Waals surface area contributed by atoms with Crippen LogP contribution in [0.3, 0.4) is 0 Å². The molecule has 0 aromatic heterocycles. The van der Waals surface area contributed by atoms with Gasteiger partial charge in [0.05, 0.1) is 7.11 Å². The Labute approximate surface area is 137 Å². The number of hydrogen-bond donors (Lipinski definition) is 1. The van der Waals surface area contributed by atoms with Crippen LogP contribution in [-0.4, -0.2) is 43.0 Å². The number of benzene rings is 1. The fourth-order valence-electron chi connectivity index (χ4n) is 3.08. The van der Waals surface area contributed by atoms with Crippen molar-refractivity contribution in [1.29, 1.82) is 0 Å². The number of hydrogen-bond acceptors (Lipinski definition) is 3. The number of aryl methyl sites for hydroxylation is 1. The molecule has 23 heavy (non-hydrogen) atoms. The molecule has 1 unspecified atom stereocenters. The first-order valence-electron chi connectivity index (χ1n) is 8.35. The minimum absolute atomic E-state index is 0.0538. The van der Waals surface area contributed by atoms with Gasteiger partial charge in [-0.05, 0) is 37.0 Å². The van der Waals surface area contributed by atoms with Gasteiger partial charge >= 0.3 is 0 Å². The van der Waals surface area contributed by atoms with Gasteiger partial charge in [-0.3, -0.25) is 9.59 Å². The predicted octanol–water partition coefficient (Wildman–Crippen LogP) is 1.75. The summed E-state index contributed by atoms with van der Waals surface area (Å²) in [6.07, 6.45) is 4.06. The zero-order valence-electron chi connectivity index (χ0n) is 13.6. The minimum Gasteiger partial charge on any atom is -0.497 e. The van der Waals surface area contributed by atoms with Crippen molar-refractivity contribution in [3.05, 3.63) is 29.8 Å². The first kappa shape index (κ1) is 15.8. The number of ether oxygens (including phenoxy) is 1. The van der Waals surface area contributed by atoms with Crippen LogP contribution in [0.2, 0.25) is 0 Å². The molecular weight excluding hydrogens is 292 g/mol. The topological polar surface area (TPSA) is 58.6 Å². The Kier molecular flexibility index (Phi) is 4.84. The van der Waals surface area contributed by atoms with E-state index >= 15 is 0 Å². The Morgan fingerprint density at radius 1 is 1.30 bits per heavy atom. The molecule has 1 aromatic carbocycles. The van der Waals surface area contributed by atoms with E-state index in [0.29, 0.717) is 31.8 Å². The molecule has 2 aliphatic rings. The lowest BCUT2D eigenvalue weighted by molar-refractivity contribution is -0.128. The van der Waals surface area contributed by atoms with Crippen LogP contribution >= 0.6 is 0 Å². The van der Waals surface area contributed by atoms with Crippen LogP contribution in [0.5, 0.6) is 5.75 Å². The van der Waals surface area contributed by atoms with Crippen molar-refractivity contribution in [2.45, 2.75) is 38.1 Å². The summed E-state index contributed by atoms with van der Waals surface area (Å²) in [7, 11) is 1.64. The lowest BCUT2D eigenvalue weighted by Gasteiger charge is -2.15. The summed E-state index contributed by atoms with van der Waals surface area (Å²) in [5, 5.41) is 2.98.